The van der Waals surface area contributed by atoms with Crippen LogP contribution in [-0.4, -0.2) is 48.9 Å². The van der Waals surface area contributed by atoms with E-state index in [1.807, 2.05) is 0 Å². The molecular formula is C25H30BrF3N2O5S. The first-order chi connectivity index (χ1) is 17.2. The molecule has 0 spiro atoms. The Bertz CT molecular complexity index is 1190. The summed E-state index contributed by atoms with van der Waals surface area (Å²) >= 11 is 3.40. The molecule has 1 aromatic rings. The van der Waals surface area contributed by atoms with Gasteiger partial charge in [0.1, 0.15) is 0 Å². The number of benzene rings is 1. The number of hydrogen-bond acceptors (Lipinski definition) is 5. The molecule has 0 saturated heterocycles. The van der Waals surface area contributed by atoms with Crippen molar-refractivity contribution >= 4 is 43.5 Å². The van der Waals surface area contributed by atoms with Crippen molar-refractivity contribution in [2.45, 2.75) is 81.2 Å². The predicted octanol–water partition coefficient (Wildman–Crippen LogP) is 4.43. The minimum Gasteiger partial charge on any atom is -0.380 e. The Labute approximate surface area is 222 Å². The van der Waals surface area contributed by atoms with Crippen LogP contribution in [0.15, 0.2) is 28.7 Å². The van der Waals surface area contributed by atoms with E-state index in [9.17, 15) is 36.3 Å². The highest BCUT2D eigenvalue weighted by atomic mass is 79.9. The number of aliphatic hydroxyl groups is 1. The number of hydrogen-bond donors (Lipinski definition) is 2. The lowest BCUT2D eigenvalue weighted by Crippen LogP contribution is -2.60. The molecule has 5 aliphatic carbocycles. The van der Waals surface area contributed by atoms with E-state index in [-0.39, 0.29) is 5.41 Å². The summed E-state index contributed by atoms with van der Waals surface area (Å²) in [5.41, 5.74) is -3.34. The molecule has 1 aromatic carbocycles. The monoisotopic (exact) mass is 606 g/mol. The van der Waals surface area contributed by atoms with E-state index >= 15 is 0 Å². The van der Waals surface area contributed by atoms with E-state index in [0.29, 0.717) is 63.6 Å². The van der Waals surface area contributed by atoms with Gasteiger partial charge in [0.15, 0.2) is 5.60 Å². The molecule has 5 fully saturated rings. The second-order valence-corrected chi connectivity index (χ2v) is 14.4. The molecule has 0 heterocycles. The van der Waals surface area contributed by atoms with Crippen LogP contribution < -0.4 is 9.62 Å². The number of carbonyl (C=O) groups is 2. The summed E-state index contributed by atoms with van der Waals surface area (Å²) in [6.07, 6.45) is -1.65. The van der Waals surface area contributed by atoms with Crippen molar-refractivity contribution in [1.82, 2.24) is 4.72 Å². The van der Waals surface area contributed by atoms with Gasteiger partial charge in [0.2, 0.25) is 21.8 Å². The average Bonchev–Trinajstić information content (AvgIpc) is 3.67. The highest BCUT2D eigenvalue weighted by molar-refractivity contribution is 9.10. The number of halogens is 4. The van der Waals surface area contributed by atoms with Crippen molar-refractivity contribution in [3.8, 4) is 0 Å². The van der Waals surface area contributed by atoms with Gasteiger partial charge in [-0.25, -0.2) is 8.42 Å². The second kappa shape index (κ2) is 8.94. The smallest absolute Gasteiger partial charge is 0.380 e. The molecule has 37 heavy (non-hydrogen) atoms. The molecule has 0 atom stereocenters. The number of nitrogens with zero attached hydrogens (tertiary/aromatic N) is 1. The summed E-state index contributed by atoms with van der Waals surface area (Å²) in [7, 11) is -3.64. The number of amides is 2. The van der Waals surface area contributed by atoms with Gasteiger partial charge in [0, 0.05) is 22.6 Å². The number of fused-ring (bicyclic) bond motifs is 3. The first kappa shape index (κ1) is 26.9. The van der Waals surface area contributed by atoms with Gasteiger partial charge in [-0.1, -0.05) is 22.0 Å². The van der Waals surface area contributed by atoms with Crippen LogP contribution in [0.25, 0.3) is 0 Å². The molecule has 6 rings (SSSR count). The zero-order chi connectivity index (χ0) is 26.9. The molecule has 2 amide bonds. The lowest BCUT2D eigenvalue weighted by atomic mass is 9.53. The first-order valence-electron chi connectivity index (χ1n) is 12.6. The number of rotatable bonds is 7. The third-order valence-electron chi connectivity index (χ3n) is 9.01. The van der Waals surface area contributed by atoms with Gasteiger partial charge in [0.05, 0.1) is 10.7 Å². The standard InChI is InChI=1S/C25H30BrF3N2O5S/c26-17-2-1-3-18(12-17)31(20(32)16-13-24(34,14-16)25(27,28)29)15-22-6-9-23(10-7-22,11-8-22)21(33)30-37(35,36)19-4-5-19/h1-3,12,16,19,34H,4-11,13-15H2,(H,30,33)/t16-,22?,23?,24+. The number of sulfonamides is 1. The van der Waals surface area contributed by atoms with Crippen molar-refractivity contribution in [3.63, 3.8) is 0 Å². The second-order valence-electron chi connectivity index (χ2n) is 11.5. The van der Waals surface area contributed by atoms with Crippen LogP contribution in [0.4, 0.5) is 18.9 Å². The molecule has 0 radical (unpaired) electrons. The third-order valence-corrected chi connectivity index (χ3v) is 11.3. The maximum Gasteiger partial charge on any atom is 0.417 e. The molecule has 2 N–H and O–H groups in total. The quantitative estimate of drug-likeness (QED) is 0.478. The molecule has 2 bridgehead atoms. The van der Waals surface area contributed by atoms with Crippen LogP contribution in [-0.2, 0) is 19.6 Å². The van der Waals surface area contributed by atoms with E-state index in [1.165, 1.54) is 0 Å². The predicted molar refractivity (Wildman–Crippen MR) is 133 cm³/mol. The molecule has 204 valence electrons. The largest absolute Gasteiger partial charge is 0.417 e. The van der Waals surface area contributed by atoms with Crippen LogP contribution in [0.3, 0.4) is 0 Å². The van der Waals surface area contributed by atoms with Crippen LogP contribution >= 0.6 is 15.9 Å². The van der Waals surface area contributed by atoms with E-state index in [4.69, 9.17) is 0 Å². The minimum absolute atomic E-state index is 0.293. The summed E-state index contributed by atoms with van der Waals surface area (Å²) in [6.45, 7) is 0.293. The molecule has 0 aromatic heterocycles. The Morgan fingerprint density at radius 1 is 1.08 bits per heavy atom. The van der Waals surface area contributed by atoms with Crippen molar-refractivity contribution in [2.75, 3.05) is 11.4 Å². The number of carbonyl (C=O) groups excluding carboxylic acids is 2. The summed E-state index contributed by atoms with van der Waals surface area (Å²) in [5.74, 6) is -1.82. The van der Waals surface area contributed by atoms with E-state index in [2.05, 4.69) is 20.7 Å². The zero-order valence-electron chi connectivity index (χ0n) is 20.2. The van der Waals surface area contributed by atoms with Crippen LogP contribution in [0.5, 0.6) is 0 Å². The molecule has 0 unspecified atom stereocenters. The molecule has 7 nitrogen and oxygen atoms in total. The average molecular weight is 607 g/mol. The molecular weight excluding hydrogens is 577 g/mol. The van der Waals surface area contributed by atoms with Gasteiger partial charge in [0.25, 0.3) is 0 Å². The fourth-order valence-corrected chi connectivity index (χ4v) is 7.98. The Morgan fingerprint density at radius 3 is 2.19 bits per heavy atom. The van der Waals surface area contributed by atoms with Gasteiger partial charge in [-0.3, -0.25) is 14.3 Å². The van der Waals surface area contributed by atoms with Gasteiger partial charge in [-0.05, 0) is 87.8 Å². The lowest BCUT2D eigenvalue weighted by Gasteiger charge is -2.54. The van der Waals surface area contributed by atoms with Gasteiger partial charge in [-0.15, -0.1) is 0 Å². The SMILES string of the molecule is O=C(NS(=O)(=O)C1CC1)C12CCC(CN(c3cccc(Br)c3)C(=O)[C@H]3C[C@](O)(C(F)(F)F)C3)(CC1)CC2. The summed E-state index contributed by atoms with van der Waals surface area (Å²) in [4.78, 5) is 28.1. The highest BCUT2D eigenvalue weighted by Gasteiger charge is 2.63. The lowest BCUT2D eigenvalue weighted by molar-refractivity contribution is -0.295. The van der Waals surface area contributed by atoms with E-state index in [0.717, 1.165) is 4.47 Å². The minimum atomic E-state index is -4.79. The molecule has 5 saturated carbocycles. The summed E-state index contributed by atoms with van der Waals surface area (Å²) < 4.78 is 67.3. The van der Waals surface area contributed by atoms with Crippen molar-refractivity contribution < 1.29 is 36.3 Å². The van der Waals surface area contributed by atoms with Gasteiger partial charge >= 0.3 is 6.18 Å². The highest BCUT2D eigenvalue weighted by Crippen LogP contribution is 2.58. The third kappa shape index (κ3) is 4.93. The van der Waals surface area contributed by atoms with E-state index < -0.39 is 63.0 Å². The van der Waals surface area contributed by atoms with Crippen molar-refractivity contribution in [3.05, 3.63) is 28.7 Å². The number of alkyl halides is 3. The van der Waals surface area contributed by atoms with Crippen LogP contribution in [0.2, 0.25) is 0 Å². The Balaban J connectivity index is 1.31. The normalized spacial score (nSPS) is 33.5. The first-order valence-corrected chi connectivity index (χ1v) is 14.9. The fourth-order valence-electron chi connectivity index (χ4n) is 6.20. The zero-order valence-corrected chi connectivity index (χ0v) is 22.6. The number of anilines is 1. The molecule has 0 aliphatic heterocycles. The van der Waals surface area contributed by atoms with Gasteiger partial charge < -0.3 is 10.0 Å². The Hall–Kier alpha value is -1.66. The molecule has 12 heteroatoms. The van der Waals surface area contributed by atoms with E-state index in [1.54, 1.807) is 29.2 Å². The Morgan fingerprint density at radius 2 is 1.68 bits per heavy atom. The van der Waals surface area contributed by atoms with Crippen LogP contribution in [0.1, 0.15) is 64.2 Å². The van der Waals surface area contributed by atoms with Gasteiger partial charge in [-0.2, -0.15) is 13.2 Å². The van der Waals surface area contributed by atoms with Crippen molar-refractivity contribution in [2.24, 2.45) is 16.7 Å². The van der Waals surface area contributed by atoms with Crippen molar-refractivity contribution in [1.29, 1.82) is 0 Å². The summed E-state index contributed by atoms with van der Waals surface area (Å²) in [6, 6.07) is 7.02. The number of nitrogens with one attached hydrogen (secondary N) is 1. The van der Waals surface area contributed by atoms with Crippen LogP contribution in [0, 0.1) is 16.7 Å². The topological polar surface area (TPSA) is 104 Å². The Kier molecular flexibility index (Phi) is 6.51. The maximum absolute atomic E-state index is 13.5. The molecule has 5 aliphatic rings. The maximum atomic E-state index is 13.5. The fraction of sp³-hybridized carbons (Fsp3) is 0.680. The summed E-state index contributed by atoms with van der Waals surface area (Å²) in [5, 5.41) is 9.42.